The molecular formula is C13H21BrN4O. The van der Waals surface area contributed by atoms with Gasteiger partial charge in [0, 0.05) is 32.7 Å². The number of hydrogen-bond donors (Lipinski definition) is 1. The van der Waals surface area contributed by atoms with Crippen LogP contribution >= 0.6 is 15.9 Å². The smallest absolute Gasteiger partial charge is 0.148 e. The van der Waals surface area contributed by atoms with Gasteiger partial charge < -0.3 is 15.0 Å². The maximum absolute atomic E-state index is 5.23. The van der Waals surface area contributed by atoms with Gasteiger partial charge in [-0.1, -0.05) is 6.92 Å². The molecule has 0 aromatic carbocycles. The van der Waals surface area contributed by atoms with E-state index in [4.69, 9.17) is 4.74 Å². The van der Waals surface area contributed by atoms with Crippen LogP contribution in [0.3, 0.4) is 0 Å². The second-order valence-electron chi connectivity index (χ2n) is 4.84. The average Bonchev–Trinajstić information content (AvgIpc) is 2.86. The Kier molecular flexibility index (Phi) is 5.39. The summed E-state index contributed by atoms with van der Waals surface area (Å²) >= 11 is 3.62. The molecule has 1 aliphatic heterocycles. The number of anilines is 2. The van der Waals surface area contributed by atoms with Crippen molar-refractivity contribution in [3.63, 3.8) is 0 Å². The molecule has 0 spiro atoms. The first-order chi connectivity index (χ1) is 9.26. The SMILES string of the molecule is CCCNc1ncnc(N2CCC(COC)C2)c1Br. The van der Waals surface area contributed by atoms with Crippen molar-refractivity contribution in [1.29, 1.82) is 0 Å². The van der Waals surface area contributed by atoms with Crippen LogP contribution in [0.5, 0.6) is 0 Å². The van der Waals surface area contributed by atoms with Crippen molar-refractivity contribution < 1.29 is 4.74 Å². The third-order valence-corrected chi connectivity index (χ3v) is 4.03. The Morgan fingerprint density at radius 1 is 1.53 bits per heavy atom. The molecule has 1 fully saturated rings. The predicted molar refractivity (Wildman–Crippen MR) is 80.7 cm³/mol. The van der Waals surface area contributed by atoms with Gasteiger partial charge in [0.05, 0.1) is 6.61 Å². The van der Waals surface area contributed by atoms with Gasteiger partial charge in [-0.2, -0.15) is 0 Å². The lowest BCUT2D eigenvalue weighted by Gasteiger charge is -2.20. The molecule has 1 aromatic rings. The van der Waals surface area contributed by atoms with Crippen LogP contribution in [0.2, 0.25) is 0 Å². The third kappa shape index (κ3) is 3.57. The molecule has 106 valence electrons. The van der Waals surface area contributed by atoms with Crippen molar-refractivity contribution in [3.8, 4) is 0 Å². The van der Waals surface area contributed by atoms with Crippen molar-refractivity contribution in [2.24, 2.45) is 5.92 Å². The van der Waals surface area contributed by atoms with Gasteiger partial charge >= 0.3 is 0 Å². The zero-order chi connectivity index (χ0) is 13.7. The molecule has 1 saturated heterocycles. The molecule has 0 radical (unpaired) electrons. The van der Waals surface area contributed by atoms with Crippen molar-refractivity contribution in [2.75, 3.05) is 43.6 Å². The summed E-state index contributed by atoms with van der Waals surface area (Å²) < 4.78 is 6.19. The molecule has 0 amide bonds. The van der Waals surface area contributed by atoms with E-state index >= 15 is 0 Å². The number of rotatable bonds is 6. The number of halogens is 1. The first kappa shape index (κ1) is 14.5. The van der Waals surface area contributed by atoms with Gasteiger partial charge in [-0.3, -0.25) is 0 Å². The maximum Gasteiger partial charge on any atom is 0.148 e. The fourth-order valence-corrected chi connectivity index (χ4v) is 2.94. The molecule has 1 atom stereocenters. The van der Waals surface area contributed by atoms with Gasteiger partial charge in [-0.25, -0.2) is 9.97 Å². The highest BCUT2D eigenvalue weighted by Gasteiger charge is 2.25. The summed E-state index contributed by atoms with van der Waals surface area (Å²) in [6.07, 6.45) is 3.86. The average molecular weight is 329 g/mol. The fraction of sp³-hybridized carbons (Fsp3) is 0.692. The topological polar surface area (TPSA) is 50.3 Å². The van der Waals surface area contributed by atoms with Crippen molar-refractivity contribution in [2.45, 2.75) is 19.8 Å². The van der Waals surface area contributed by atoms with Gasteiger partial charge in [0.2, 0.25) is 0 Å². The lowest BCUT2D eigenvalue weighted by Crippen LogP contribution is -2.23. The van der Waals surface area contributed by atoms with Crippen LogP contribution in [0.25, 0.3) is 0 Å². The van der Waals surface area contributed by atoms with Crippen LogP contribution in [-0.2, 0) is 4.74 Å². The number of ether oxygens (including phenoxy) is 1. The maximum atomic E-state index is 5.23. The molecule has 6 heteroatoms. The Morgan fingerprint density at radius 3 is 3.11 bits per heavy atom. The van der Waals surface area contributed by atoms with Gasteiger partial charge in [0.25, 0.3) is 0 Å². The highest BCUT2D eigenvalue weighted by atomic mass is 79.9. The van der Waals surface area contributed by atoms with Crippen molar-refractivity contribution in [1.82, 2.24) is 9.97 Å². The first-order valence-electron chi connectivity index (χ1n) is 6.74. The second kappa shape index (κ2) is 7.05. The fourth-order valence-electron chi connectivity index (χ4n) is 2.34. The molecule has 1 aliphatic rings. The lowest BCUT2D eigenvalue weighted by atomic mass is 10.1. The summed E-state index contributed by atoms with van der Waals surface area (Å²) in [6, 6.07) is 0. The van der Waals surface area contributed by atoms with Gasteiger partial charge in [-0.15, -0.1) is 0 Å². The monoisotopic (exact) mass is 328 g/mol. The molecule has 1 unspecified atom stereocenters. The molecule has 5 nitrogen and oxygen atoms in total. The number of aromatic nitrogens is 2. The summed E-state index contributed by atoms with van der Waals surface area (Å²) in [4.78, 5) is 11.0. The van der Waals surface area contributed by atoms with Crippen molar-refractivity contribution >= 4 is 27.6 Å². The predicted octanol–water partition coefficient (Wildman–Crippen LogP) is 2.53. The molecule has 0 aliphatic carbocycles. The van der Waals surface area contributed by atoms with E-state index in [0.717, 1.165) is 55.2 Å². The molecule has 1 N–H and O–H groups in total. The highest BCUT2D eigenvalue weighted by Crippen LogP contribution is 2.32. The number of nitrogens with zero attached hydrogens (tertiary/aromatic N) is 3. The van der Waals surface area contributed by atoms with E-state index in [-0.39, 0.29) is 0 Å². The van der Waals surface area contributed by atoms with Gasteiger partial charge in [0.1, 0.15) is 22.4 Å². The Hall–Kier alpha value is -0.880. The van der Waals surface area contributed by atoms with E-state index in [1.807, 2.05) is 0 Å². The molecule has 0 bridgehead atoms. The van der Waals surface area contributed by atoms with Crippen molar-refractivity contribution in [3.05, 3.63) is 10.8 Å². The Labute approximate surface area is 122 Å². The van der Waals surface area contributed by atoms with Crippen LogP contribution in [0, 0.1) is 5.92 Å². The van der Waals surface area contributed by atoms with Gasteiger partial charge in [-0.05, 0) is 28.8 Å². The largest absolute Gasteiger partial charge is 0.384 e. The second-order valence-corrected chi connectivity index (χ2v) is 5.64. The van der Waals surface area contributed by atoms with E-state index in [9.17, 15) is 0 Å². The lowest BCUT2D eigenvalue weighted by molar-refractivity contribution is 0.161. The standard InChI is InChI=1S/C13H21BrN4O/c1-3-5-15-12-11(14)13(17-9-16-12)18-6-4-10(7-18)8-19-2/h9-10H,3-8H2,1-2H3,(H,15,16,17). The Balaban J connectivity index is 2.08. The normalized spacial score (nSPS) is 18.9. The third-order valence-electron chi connectivity index (χ3n) is 3.30. The first-order valence-corrected chi connectivity index (χ1v) is 7.53. The minimum absolute atomic E-state index is 0.596. The summed E-state index contributed by atoms with van der Waals surface area (Å²) in [5.74, 6) is 2.45. The highest BCUT2D eigenvalue weighted by molar-refractivity contribution is 9.10. The van der Waals surface area contributed by atoms with Crippen LogP contribution < -0.4 is 10.2 Å². The number of nitrogens with one attached hydrogen (secondary N) is 1. The number of methoxy groups -OCH3 is 1. The van der Waals surface area contributed by atoms with Crippen LogP contribution in [0.4, 0.5) is 11.6 Å². The van der Waals surface area contributed by atoms with E-state index in [0.29, 0.717) is 5.92 Å². The zero-order valence-electron chi connectivity index (χ0n) is 11.5. The van der Waals surface area contributed by atoms with E-state index in [1.54, 1.807) is 13.4 Å². The van der Waals surface area contributed by atoms with E-state index in [2.05, 4.69) is 43.0 Å². The van der Waals surface area contributed by atoms with Crippen LogP contribution in [0.15, 0.2) is 10.8 Å². The Bertz CT molecular complexity index is 416. The zero-order valence-corrected chi connectivity index (χ0v) is 13.1. The summed E-state index contributed by atoms with van der Waals surface area (Å²) in [6.45, 7) is 5.90. The van der Waals surface area contributed by atoms with Crippen LogP contribution in [-0.4, -0.2) is 43.3 Å². The summed E-state index contributed by atoms with van der Waals surface area (Å²) in [7, 11) is 1.76. The summed E-state index contributed by atoms with van der Waals surface area (Å²) in [5.41, 5.74) is 0. The van der Waals surface area contributed by atoms with Gasteiger partial charge in [0.15, 0.2) is 0 Å². The Morgan fingerprint density at radius 2 is 2.37 bits per heavy atom. The minimum atomic E-state index is 0.596. The molecule has 2 heterocycles. The summed E-state index contributed by atoms with van der Waals surface area (Å²) in [5, 5.41) is 3.31. The molecule has 0 saturated carbocycles. The van der Waals surface area contributed by atoms with Crippen LogP contribution in [0.1, 0.15) is 19.8 Å². The minimum Gasteiger partial charge on any atom is -0.384 e. The molecule has 19 heavy (non-hydrogen) atoms. The molecule has 1 aromatic heterocycles. The quantitative estimate of drug-likeness (QED) is 0.869. The molecular weight excluding hydrogens is 308 g/mol. The van der Waals surface area contributed by atoms with E-state index in [1.165, 1.54) is 0 Å². The number of hydrogen-bond acceptors (Lipinski definition) is 5. The molecule has 2 rings (SSSR count). The van der Waals surface area contributed by atoms with E-state index < -0.39 is 0 Å².